The molecule has 0 radical (unpaired) electrons. The van der Waals surface area contributed by atoms with Crippen molar-refractivity contribution in [2.24, 2.45) is 0 Å². The van der Waals surface area contributed by atoms with Crippen molar-refractivity contribution >= 4 is 6.03 Å². The summed E-state index contributed by atoms with van der Waals surface area (Å²) in [7, 11) is 0. The number of hydrogen-bond donors (Lipinski definition) is 2. The van der Waals surface area contributed by atoms with Crippen LogP contribution >= 0.6 is 0 Å². The van der Waals surface area contributed by atoms with Gasteiger partial charge in [0.15, 0.2) is 0 Å². The van der Waals surface area contributed by atoms with Crippen molar-refractivity contribution in [3.63, 3.8) is 0 Å². The number of carbonyl (C=O) groups excluding carboxylic acids is 1. The van der Waals surface area contributed by atoms with Gasteiger partial charge >= 0.3 is 6.03 Å². The predicted molar refractivity (Wildman–Crippen MR) is 68.9 cm³/mol. The summed E-state index contributed by atoms with van der Waals surface area (Å²) in [5, 5.41) is 5.61. The summed E-state index contributed by atoms with van der Waals surface area (Å²) in [5.41, 5.74) is 1.07. The van der Waals surface area contributed by atoms with Crippen LogP contribution in [0.4, 0.5) is 4.79 Å². The van der Waals surface area contributed by atoms with Crippen molar-refractivity contribution in [1.82, 2.24) is 10.6 Å². The zero-order chi connectivity index (χ0) is 12.8. The Morgan fingerprint density at radius 1 is 1.22 bits per heavy atom. The van der Waals surface area contributed by atoms with Gasteiger partial charge in [0.1, 0.15) is 5.76 Å². The van der Waals surface area contributed by atoms with Crippen molar-refractivity contribution in [3.05, 3.63) is 60.1 Å². The van der Waals surface area contributed by atoms with E-state index in [1.165, 1.54) is 0 Å². The van der Waals surface area contributed by atoms with E-state index in [9.17, 15) is 4.79 Å². The Kier molecular flexibility index (Phi) is 4.02. The van der Waals surface area contributed by atoms with Crippen molar-refractivity contribution in [2.45, 2.75) is 19.5 Å². The van der Waals surface area contributed by atoms with E-state index in [0.29, 0.717) is 6.54 Å². The molecular weight excluding hydrogens is 228 g/mol. The second-order valence-corrected chi connectivity index (χ2v) is 4.04. The van der Waals surface area contributed by atoms with Crippen LogP contribution in [0.25, 0.3) is 0 Å². The van der Waals surface area contributed by atoms with Crippen LogP contribution in [0.5, 0.6) is 0 Å². The van der Waals surface area contributed by atoms with Gasteiger partial charge in [-0.1, -0.05) is 30.3 Å². The maximum Gasteiger partial charge on any atom is 0.315 e. The Balaban J connectivity index is 1.80. The normalized spacial score (nSPS) is 11.8. The molecule has 0 aliphatic carbocycles. The van der Waals surface area contributed by atoms with Gasteiger partial charge in [0.25, 0.3) is 0 Å². The van der Waals surface area contributed by atoms with Gasteiger partial charge in [0, 0.05) is 0 Å². The molecule has 94 valence electrons. The SMILES string of the molecule is CC(NC(=O)NCc1ccco1)c1ccccc1. The molecule has 0 aliphatic heterocycles. The molecule has 1 atom stereocenters. The second kappa shape index (κ2) is 5.91. The van der Waals surface area contributed by atoms with Gasteiger partial charge in [0.05, 0.1) is 18.8 Å². The first-order valence-corrected chi connectivity index (χ1v) is 5.87. The Hall–Kier alpha value is -2.23. The summed E-state index contributed by atoms with van der Waals surface area (Å²) in [6.07, 6.45) is 1.58. The fraction of sp³-hybridized carbons (Fsp3) is 0.214. The van der Waals surface area contributed by atoms with E-state index >= 15 is 0 Å². The van der Waals surface area contributed by atoms with Crippen LogP contribution in [0.3, 0.4) is 0 Å². The lowest BCUT2D eigenvalue weighted by molar-refractivity contribution is 0.236. The highest BCUT2D eigenvalue weighted by Gasteiger charge is 2.08. The number of carbonyl (C=O) groups is 1. The summed E-state index contributed by atoms with van der Waals surface area (Å²) < 4.78 is 5.13. The van der Waals surface area contributed by atoms with E-state index in [2.05, 4.69) is 10.6 Å². The smallest absolute Gasteiger partial charge is 0.315 e. The van der Waals surface area contributed by atoms with Gasteiger partial charge < -0.3 is 15.1 Å². The number of benzene rings is 1. The molecule has 0 saturated heterocycles. The van der Waals surface area contributed by atoms with Crippen molar-refractivity contribution < 1.29 is 9.21 Å². The Morgan fingerprint density at radius 2 is 2.00 bits per heavy atom. The monoisotopic (exact) mass is 244 g/mol. The van der Waals surface area contributed by atoms with E-state index < -0.39 is 0 Å². The second-order valence-electron chi connectivity index (χ2n) is 4.04. The molecule has 2 amide bonds. The molecule has 4 heteroatoms. The predicted octanol–water partition coefficient (Wildman–Crippen LogP) is 2.84. The van der Waals surface area contributed by atoms with Crippen LogP contribution in [0, 0.1) is 0 Å². The molecule has 18 heavy (non-hydrogen) atoms. The summed E-state index contributed by atoms with van der Waals surface area (Å²) in [5.74, 6) is 0.734. The molecule has 0 aliphatic rings. The molecule has 1 unspecified atom stereocenters. The molecule has 4 nitrogen and oxygen atoms in total. The third kappa shape index (κ3) is 3.38. The maximum atomic E-state index is 11.7. The van der Waals surface area contributed by atoms with Crippen LogP contribution in [0.15, 0.2) is 53.1 Å². The summed E-state index contributed by atoms with van der Waals surface area (Å²) in [4.78, 5) is 11.7. The fourth-order valence-electron chi connectivity index (χ4n) is 1.65. The first-order chi connectivity index (χ1) is 8.75. The maximum absolute atomic E-state index is 11.7. The van der Waals surface area contributed by atoms with Crippen LogP contribution in [0.2, 0.25) is 0 Å². The lowest BCUT2D eigenvalue weighted by Gasteiger charge is -2.14. The first-order valence-electron chi connectivity index (χ1n) is 5.87. The quantitative estimate of drug-likeness (QED) is 0.868. The largest absolute Gasteiger partial charge is 0.467 e. The van der Waals surface area contributed by atoms with E-state index in [4.69, 9.17) is 4.42 Å². The van der Waals surface area contributed by atoms with E-state index in [1.807, 2.05) is 43.3 Å². The standard InChI is InChI=1S/C14H16N2O2/c1-11(12-6-3-2-4-7-12)16-14(17)15-10-13-8-5-9-18-13/h2-9,11H,10H2,1H3,(H2,15,16,17). The number of rotatable bonds is 4. The van der Waals surface area contributed by atoms with Crippen LogP contribution in [-0.4, -0.2) is 6.03 Å². The molecule has 0 bridgehead atoms. The number of urea groups is 1. The lowest BCUT2D eigenvalue weighted by atomic mass is 10.1. The number of nitrogens with one attached hydrogen (secondary N) is 2. The molecule has 1 aromatic carbocycles. The Labute approximate surface area is 106 Å². The highest BCUT2D eigenvalue weighted by molar-refractivity contribution is 5.74. The number of hydrogen-bond acceptors (Lipinski definition) is 2. The summed E-state index contributed by atoms with van der Waals surface area (Å²) in [6, 6.07) is 13.2. The third-order valence-corrected chi connectivity index (χ3v) is 2.65. The minimum atomic E-state index is -0.206. The molecule has 1 heterocycles. The van der Waals surface area contributed by atoms with Crippen molar-refractivity contribution in [2.75, 3.05) is 0 Å². The highest BCUT2D eigenvalue weighted by atomic mass is 16.3. The van der Waals surface area contributed by atoms with Gasteiger partial charge in [-0.2, -0.15) is 0 Å². The number of amides is 2. The van der Waals surface area contributed by atoms with Gasteiger partial charge in [-0.15, -0.1) is 0 Å². The average Bonchev–Trinajstić information content (AvgIpc) is 2.90. The van der Waals surface area contributed by atoms with Gasteiger partial charge in [0.2, 0.25) is 0 Å². The molecule has 0 saturated carbocycles. The minimum absolute atomic E-state index is 0.0252. The van der Waals surface area contributed by atoms with Gasteiger partial charge in [-0.25, -0.2) is 4.79 Å². The van der Waals surface area contributed by atoms with Crippen LogP contribution in [0.1, 0.15) is 24.3 Å². The molecule has 0 fully saturated rings. The molecular formula is C14H16N2O2. The Morgan fingerprint density at radius 3 is 2.67 bits per heavy atom. The Bertz CT molecular complexity index is 480. The van der Waals surface area contributed by atoms with E-state index in [-0.39, 0.29) is 12.1 Å². The highest BCUT2D eigenvalue weighted by Crippen LogP contribution is 2.10. The molecule has 2 rings (SSSR count). The lowest BCUT2D eigenvalue weighted by Crippen LogP contribution is -2.36. The van der Waals surface area contributed by atoms with Crippen molar-refractivity contribution in [1.29, 1.82) is 0 Å². The van der Waals surface area contributed by atoms with Gasteiger partial charge in [-0.05, 0) is 24.6 Å². The van der Waals surface area contributed by atoms with E-state index in [1.54, 1.807) is 12.3 Å². The summed E-state index contributed by atoms with van der Waals surface area (Å²) >= 11 is 0. The summed E-state index contributed by atoms with van der Waals surface area (Å²) in [6.45, 7) is 2.34. The van der Waals surface area contributed by atoms with E-state index in [0.717, 1.165) is 11.3 Å². The molecule has 1 aromatic heterocycles. The first kappa shape index (κ1) is 12.2. The third-order valence-electron chi connectivity index (χ3n) is 2.65. The zero-order valence-electron chi connectivity index (χ0n) is 10.2. The average molecular weight is 244 g/mol. The fourth-order valence-corrected chi connectivity index (χ4v) is 1.65. The molecule has 2 N–H and O–H groups in total. The topological polar surface area (TPSA) is 54.3 Å². The molecule has 2 aromatic rings. The minimum Gasteiger partial charge on any atom is -0.467 e. The van der Waals surface area contributed by atoms with Gasteiger partial charge in [-0.3, -0.25) is 0 Å². The zero-order valence-corrected chi connectivity index (χ0v) is 10.2. The van der Waals surface area contributed by atoms with Crippen LogP contribution in [-0.2, 0) is 6.54 Å². The van der Waals surface area contributed by atoms with Crippen LogP contribution < -0.4 is 10.6 Å². The number of furan rings is 1. The van der Waals surface area contributed by atoms with Crippen molar-refractivity contribution in [3.8, 4) is 0 Å². The molecule has 0 spiro atoms.